The van der Waals surface area contributed by atoms with E-state index in [0.717, 1.165) is 5.56 Å². The first-order chi connectivity index (χ1) is 12.9. The average Bonchev–Trinajstić information content (AvgIpc) is 3.04. The third-order valence-electron chi connectivity index (χ3n) is 4.67. The number of carbonyl (C=O) groups excluding carboxylic acids is 1. The molecule has 1 aliphatic rings. The van der Waals surface area contributed by atoms with Gasteiger partial charge in [-0.15, -0.1) is 13.2 Å². The van der Waals surface area contributed by atoms with Crippen LogP contribution in [-0.2, 0) is 16.1 Å². The molecule has 3 rings (SSSR count). The standard InChI is InChI=1S/C20H20F3NO3/c1-26-19(25)18-13-24(11-14-6-3-2-4-7-14)12-17(18)15-8-5-9-16(10-15)27-20(21,22)23/h2-10,17-18H,11-13H2,1H3. The number of hydrogen-bond donors (Lipinski definition) is 0. The molecule has 0 spiro atoms. The minimum absolute atomic E-state index is 0.266. The highest BCUT2D eigenvalue weighted by Crippen LogP contribution is 2.36. The van der Waals surface area contributed by atoms with Gasteiger partial charge in [0.1, 0.15) is 5.75 Å². The molecule has 7 heteroatoms. The molecule has 0 amide bonds. The number of likely N-dealkylation sites (tertiary alicyclic amines) is 1. The lowest BCUT2D eigenvalue weighted by Gasteiger charge is -2.18. The van der Waals surface area contributed by atoms with Crippen molar-refractivity contribution in [3.63, 3.8) is 0 Å². The van der Waals surface area contributed by atoms with Crippen LogP contribution in [0, 0.1) is 5.92 Å². The SMILES string of the molecule is COC(=O)C1CN(Cc2ccccc2)CC1c1cccc(OC(F)(F)F)c1. The topological polar surface area (TPSA) is 38.8 Å². The van der Waals surface area contributed by atoms with E-state index in [-0.39, 0.29) is 17.6 Å². The summed E-state index contributed by atoms with van der Waals surface area (Å²) in [5.41, 5.74) is 1.73. The number of ether oxygens (including phenoxy) is 2. The molecule has 0 N–H and O–H groups in total. The highest BCUT2D eigenvalue weighted by atomic mass is 19.4. The highest BCUT2D eigenvalue weighted by Gasteiger charge is 2.39. The average molecular weight is 379 g/mol. The van der Waals surface area contributed by atoms with Gasteiger partial charge in [0.15, 0.2) is 0 Å². The van der Waals surface area contributed by atoms with E-state index in [9.17, 15) is 18.0 Å². The van der Waals surface area contributed by atoms with Gasteiger partial charge >= 0.3 is 12.3 Å². The normalized spacial score (nSPS) is 20.4. The largest absolute Gasteiger partial charge is 0.573 e. The van der Waals surface area contributed by atoms with E-state index in [4.69, 9.17) is 4.74 Å². The molecule has 0 aliphatic carbocycles. The molecule has 2 aromatic carbocycles. The smallest absolute Gasteiger partial charge is 0.469 e. The summed E-state index contributed by atoms with van der Waals surface area (Å²) in [6.07, 6.45) is -4.75. The van der Waals surface area contributed by atoms with Crippen LogP contribution in [0.3, 0.4) is 0 Å². The van der Waals surface area contributed by atoms with Crippen LogP contribution in [0.25, 0.3) is 0 Å². The van der Waals surface area contributed by atoms with E-state index in [1.165, 1.54) is 25.3 Å². The number of alkyl halides is 3. The molecule has 4 nitrogen and oxygen atoms in total. The predicted octanol–water partition coefficient (Wildman–Crippen LogP) is 3.97. The van der Waals surface area contributed by atoms with Crippen LogP contribution in [0.15, 0.2) is 54.6 Å². The number of hydrogen-bond acceptors (Lipinski definition) is 4. The van der Waals surface area contributed by atoms with Gasteiger partial charge < -0.3 is 9.47 Å². The molecular weight excluding hydrogens is 359 g/mol. The van der Waals surface area contributed by atoms with Crippen molar-refractivity contribution in [2.45, 2.75) is 18.8 Å². The lowest BCUT2D eigenvalue weighted by Crippen LogP contribution is -2.24. The quantitative estimate of drug-likeness (QED) is 0.737. The Balaban J connectivity index is 1.81. The van der Waals surface area contributed by atoms with Gasteiger partial charge in [-0.1, -0.05) is 42.5 Å². The third-order valence-corrected chi connectivity index (χ3v) is 4.67. The molecule has 0 saturated carbocycles. The Labute approximate surface area is 155 Å². The fourth-order valence-electron chi connectivity index (χ4n) is 3.53. The number of esters is 1. The number of halogens is 3. The Hall–Kier alpha value is -2.54. The molecule has 1 aliphatic heterocycles. The summed E-state index contributed by atoms with van der Waals surface area (Å²) in [5.74, 6) is -1.36. The molecule has 1 saturated heterocycles. The lowest BCUT2D eigenvalue weighted by molar-refractivity contribution is -0.274. The maximum absolute atomic E-state index is 12.5. The van der Waals surface area contributed by atoms with E-state index in [1.807, 2.05) is 30.3 Å². The van der Waals surface area contributed by atoms with Gasteiger partial charge in [-0.2, -0.15) is 0 Å². The van der Waals surface area contributed by atoms with Crippen molar-refractivity contribution in [2.24, 2.45) is 5.92 Å². The van der Waals surface area contributed by atoms with Crippen molar-refractivity contribution >= 4 is 5.97 Å². The van der Waals surface area contributed by atoms with Crippen molar-refractivity contribution in [1.29, 1.82) is 0 Å². The Morgan fingerprint density at radius 2 is 1.85 bits per heavy atom. The third kappa shape index (κ3) is 5.01. The second-order valence-electron chi connectivity index (χ2n) is 6.54. The molecule has 27 heavy (non-hydrogen) atoms. The molecule has 0 radical (unpaired) electrons. The van der Waals surface area contributed by atoms with Gasteiger partial charge in [-0.3, -0.25) is 9.69 Å². The molecule has 2 atom stereocenters. The van der Waals surface area contributed by atoms with Crippen LogP contribution in [0.4, 0.5) is 13.2 Å². The summed E-state index contributed by atoms with van der Waals surface area (Å²) in [6.45, 7) is 1.68. The maximum Gasteiger partial charge on any atom is 0.573 e. The van der Waals surface area contributed by atoms with Crippen LogP contribution >= 0.6 is 0 Å². The van der Waals surface area contributed by atoms with Crippen LogP contribution in [0.1, 0.15) is 17.0 Å². The fraction of sp³-hybridized carbons (Fsp3) is 0.350. The van der Waals surface area contributed by atoms with E-state index in [0.29, 0.717) is 25.2 Å². The Morgan fingerprint density at radius 1 is 1.11 bits per heavy atom. The molecule has 144 valence electrons. The van der Waals surface area contributed by atoms with Gasteiger partial charge in [0.2, 0.25) is 0 Å². The molecular formula is C20H20F3NO3. The molecule has 2 unspecified atom stereocenters. The van der Waals surface area contributed by atoms with E-state index in [2.05, 4.69) is 9.64 Å². The van der Waals surface area contributed by atoms with E-state index in [1.54, 1.807) is 6.07 Å². The number of methoxy groups -OCH3 is 1. The van der Waals surface area contributed by atoms with Crippen molar-refractivity contribution in [2.75, 3.05) is 20.2 Å². The van der Waals surface area contributed by atoms with Crippen molar-refractivity contribution in [3.8, 4) is 5.75 Å². The highest BCUT2D eigenvalue weighted by molar-refractivity contribution is 5.74. The summed E-state index contributed by atoms with van der Waals surface area (Å²) >= 11 is 0. The van der Waals surface area contributed by atoms with Crippen molar-refractivity contribution in [1.82, 2.24) is 4.90 Å². The first kappa shape index (κ1) is 19.2. The van der Waals surface area contributed by atoms with Gasteiger partial charge in [-0.05, 0) is 23.3 Å². The monoisotopic (exact) mass is 379 g/mol. The van der Waals surface area contributed by atoms with Gasteiger partial charge in [0.05, 0.1) is 13.0 Å². The van der Waals surface area contributed by atoms with Gasteiger partial charge in [-0.25, -0.2) is 0 Å². The van der Waals surface area contributed by atoms with Crippen molar-refractivity contribution in [3.05, 3.63) is 65.7 Å². The molecule has 2 aromatic rings. The number of nitrogens with zero attached hydrogens (tertiary/aromatic N) is 1. The van der Waals surface area contributed by atoms with E-state index >= 15 is 0 Å². The summed E-state index contributed by atoms with van der Waals surface area (Å²) in [7, 11) is 1.32. The first-order valence-electron chi connectivity index (χ1n) is 8.55. The summed E-state index contributed by atoms with van der Waals surface area (Å²) in [4.78, 5) is 14.4. The van der Waals surface area contributed by atoms with Crippen LogP contribution in [-0.4, -0.2) is 37.4 Å². The number of benzene rings is 2. The number of carbonyl (C=O) groups is 1. The summed E-state index contributed by atoms with van der Waals surface area (Å²) in [5, 5.41) is 0. The van der Waals surface area contributed by atoms with E-state index < -0.39 is 12.3 Å². The van der Waals surface area contributed by atoms with Gasteiger partial charge in [0, 0.05) is 25.6 Å². The van der Waals surface area contributed by atoms with Crippen molar-refractivity contribution < 1.29 is 27.4 Å². The second-order valence-corrected chi connectivity index (χ2v) is 6.54. The van der Waals surface area contributed by atoms with Crippen LogP contribution in [0.5, 0.6) is 5.75 Å². The Kier molecular flexibility index (Phi) is 5.70. The second kappa shape index (κ2) is 8.00. The molecule has 0 aromatic heterocycles. The predicted molar refractivity (Wildman–Crippen MR) is 93.1 cm³/mol. The lowest BCUT2D eigenvalue weighted by atomic mass is 9.89. The molecule has 0 bridgehead atoms. The summed E-state index contributed by atoms with van der Waals surface area (Å²) < 4.78 is 46.5. The molecule has 1 fully saturated rings. The Morgan fingerprint density at radius 3 is 2.52 bits per heavy atom. The maximum atomic E-state index is 12.5. The molecule has 1 heterocycles. The fourth-order valence-corrected chi connectivity index (χ4v) is 3.53. The van der Waals surface area contributed by atoms with Gasteiger partial charge in [0.25, 0.3) is 0 Å². The zero-order valence-corrected chi connectivity index (χ0v) is 14.8. The summed E-state index contributed by atoms with van der Waals surface area (Å²) in [6, 6.07) is 15.6. The zero-order valence-electron chi connectivity index (χ0n) is 14.8. The Bertz CT molecular complexity index is 780. The minimum atomic E-state index is -4.75. The number of rotatable bonds is 5. The van der Waals surface area contributed by atoms with Crippen LogP contribution < -0.4 is 4.74 Å². The zero-order chi connectivity index (χ0) is 19.4. The minimum Gasteiger partial charge on any atom is -0.469 e. The first-order valence-corrected chi connectivity index (χ1v) is 8.55. The van der Waals surface area contributed by atoms with Crippen LogP contribution in [0.2, 0.25) is 0 Å².